The van der Waals surface area contributed by atoms with Crippen molar-refractivity contribution < 1.29 is 0 Å². The molecule has 0 atom stereocenters. The number of fused-ring (bicyclic) bond motifs is 1. The molecule has 2 aromatic heterocycles. The minimum absolute atomic E-state index is 0.124. The fourth-order valence-electron chi connectivity index (χ4n) is 2.06. The summed E-state index contributed by atoms with van der Waals surface area (Å²) in [6.07, 6.45) is 4.77. The second-order valence-corrected chi connectivity index (χ2v) is 4.39. The lowest BCUT2D eigenvalue weighted by atomic mass is 10.1. The molecule has 3 aromatic rings. The second-order valence-electron chi connectivity index (χ2n) is 4.39. The molecule has 0 spiro atoms. The van der Waals surface area contributed by atoms with Gasteiger partial charge < -0.3 is 4.98 Å². The van der Waals surface area contributed by atoms with Gasteiger partial charge >= 0.3 is 0 Å². The molecule has 0 radical (unpaired) electrons. The first-order valence-corrected chi connectivity index (χ1v) is 6.20. The number of pyridine rings is 1. The van der Waals surface area contributed by atoms with Gasteiger partial charge in [0.25, 0.3) is 5.56 Å². The summed E-state index contributed by atoms with van der Waals surface area (Å²) in [7, 11) is 0. The summed E-state index contributed by atoms with van der Waals surface area (Å²) in [5.74, 6) is 0.715. The van der Waals surface area contributed by atoms with Crippen LogP contribution in [0.4, 0.5) is 0 Å². The largest absolute Gasteiger partial charge is 0.310 e. The summed E-state index contributed by atoms with van der Waals surface area (Å²) in [6, 6.07) is 11.9. The van der Waals surface area contributed by atoms with Crippen LogP contribution >= 0.6 is 0 Å². The van der Waals surface area contributed by atoms with Crippen LogP contribution in [0.1, 0.15) is 11.4 Å². The van der Waals surface area contributed by atoms with Gasteiger partial charge in [-0.15, -0.1) is 0 Å². The number of benzene rings is 1. The molecule has 0 aliphatic rings. The van der Waals surface area contributed by atoms with Crippen LogP contribution in [0.5, 0.6) is 0 Å². The summed E-state index contributed by atoms with van der Waals surface area (Å²) < 4.78 is 0. The highest BCUT2D eigenvalue weighted by atomic mass is 16.1. The highest BCUT2D eigenvalue weighted by Crippen LogP contribution is 2.07. The number of rotatable bonds is 3. The molecule has 0 amide bonds. The standard InChI is InChI=1S/C15H13N3O/c19-15-12-10-16-9-8-13(12)17-14(18-15)7-6-11-4-2-1-3-5-11/h1-5,8-10H,6-7H2,(H,17,18,19). The van der Waals surface area contributed by atoms with Crippen LogP contribution in [0.3, 0.4) is 0 Å². The summed E-state index contributed by atoms with van der Waals surface area (Å²) in [4.78, 5) is 23.1. The van der Waals surface area contributed by atoms with Gasteiger partial charge in [-0.25, -0.2) is 4.98 Å². The van der Waals surface area contributed by atoms with Gasteiger partial charge in [-0.1, -0.05) is 30.3 Å². The molecule has 3 rings (SSSR count). The quantitative estimate of drug-likeness (QED) is 0.775. The Labute approximate surface area is 110 Å². The first-order valence-electron chi connectivity index (χ1n) is 6.20. The molecule has 4 heteroatoms. The minimum Gasteiger partial charge on any atom is -0.310 e. The van der Waals surface area contributed by atoms with Crippen LogP contribution in [0, 0.1) is 0 Å². The van der Waals surface area contributed by atoms with E-state index in [0.29, 0.717) is 16.7 Å². The van der Waals surface area contributed by atoms with E-state index < -0.39 is 0 Å². The van der Waals surface area contributed by atoms with Crippen LogP contribution in [0.15, 0.2) is 53.6 Å². The summed E-state index contributed by atoms with van der Waals surface area (Å²) in [5.41, 5.74) is 1.81. The number of aryl methyl sites for hydroxylation is 2. The van der Waals surface area contributed by atoms with Crippen LogP contribution in [-0.2, 0) is 12.8 Å². The van der Waals surface area contributed by atoms with Crippen molar-refractivity contribution in [2.75, 3.05) is 0 Å². The van der Waals surface area contributed by atoms with Gasteiger partial charge in [0.1, 0.15) is 5.82 Å². The highest BCUT2D eigenvalue weighted by molar-refractivity contribution is 5.75. The predicted octanol–water partition coefficient (Wildman–Crippen LogP) is 2.10. The number of aromatic amines is 1. The van der Waals surface area contributed by atoms with E-state index in [1.165, 1.54) is 5.56 Å². The predicted molar refractivity (Wildman–Crippen MR) is 74.0 cm³/mol. The molecule has 0 saturated carbocycles. The third-order valence-corrected chi connectivity index (χ3v) is 3.05. The summed E-state index contributed by atoms with van der Waals surface area (Å²) in [5, 5.41) is 0.533. The molecule has 0 unspecified atom stereocenters. The van der Waals surface area contributed by atoms with Crippen molar-refractivity contribution in [3.63, 3.8) is 0 Å². The van der Waals surface area contributed by atoms with E-state index in [0.717, 1.165) is 12.8 Å². The van der Waals surface area contributed by atoms with E-state index >= 15 is 0 Å². The van der Waals surface area contributed by atoms with E-state index in [9.17, 15) is 4.79 Å². The first-order chi connectivity index (χ1) is 9.33. The number of H-pyrrole nitrogens is 1. The number of hydrogen-bond acceptors (Lipinski definition) is 3. The Kier molecular flexibility index (Phi) is 3.06. The summed E-state index contributed by atoms with van der Waals surface area (Å²) >= 11 is 0. The van der Waals surface area contributed by atoms with Crippen molar-refractivity contribution >= 4 is 10.9 Å². The van der Waals surface area contributed by atoms with E-state index in [-0.39, 0.29) is 5.56 Å². The molecular formula is C15H13N3O. The monoisotopic (exact) mass is 251 g/mol. The van der Waals surface area contributed by atoms with Crippen LogP contribution in [-0.4, -0.2) is 15.0 Å². The van der Waals surface area contributed by atoms with E-state index in [1.54, 1.807) is 18.5 Å². The number of aromatic nitrogens is 3. The lowest BCUT2D eigenvalue weighted by Crippen LogP contribution is -2.12. The Morgan fingerprint density at radius 3 is 2.74 bits per heavy atom. The average Bonchev–Trinajstić information content (AvgIpc) is 2.46. The maximum atomic E-state index is 11.9. The van der Waals surface area contributed by atoms with Gasteiger partial charge in [0.15, 0.2) is 0 Å². The van der Waals surface area contributed by atoms with Gasteiger partial charge in [0.2, 0.25) is 0 Å². The lowest BCUT2D eigenvalue weighted by molar-refractivity contribution is 0.860. The van der Waals surface area contributed by atoms with Gasteiger partial charge in [-0.2, -0.15) is 0 Å². The van der Waals surface area contributed by atoms with Crippen molar-refractivity contribution in [3.8, 4) is 0 Å². The van der Waals surface area contributed by atoms with Crippen molar-refractivity contribution in [2.45, 2.75) is 12.8 Å². The zero-order valence-electron chi connectivity index (χ0n) is 10.3. The fourth-order valence-corrected chi connectivity index (χ4v) is 2.06. The smallest absolute Gasteiger partial charge is 0.260 e. The Bertz CT molecular complexity index is 750. The van der Waals surface area contributed by atoms with Crippen molar-refractivity contribution in [1.29, 1.82) is 0 Å². The summed E-state index contributed by atoms with van der Waals surface area (Å²) in [6.45, 7) is 0. The first kappa shape index (κ1) is 11.6. The van der Waals surface area contributed by atoms with E-state index in [1.807, 2.05) is 18.2 Å². The van der Waals surface area contributed by atoms with Crippen LogP contribution in [0.2, 0.25) is 0 Å². The molecule has 94 valence electrons. The van der Waals surface area contributed by atoms with Crippen molar-refractivity contribution in [3.05, 3.63) is 70.5 Å². The lowest BCUT2D eigenvalue weighted by Gasteiger charge is -2.03. The fraction of sp³-hybridized carbons (Fsp3) is 0.133. The maximum Gasteiger partial charge on any atom is 0.260 e. The second kappa shape index (κ2) is 5.02. The van der Waals surface area contributed by atoms with Crippen LogP contribution in [0.25, 0.3) is 10.9 Å². The minimum atomic E-state index is -0.124. The zero-order valence-corrected chi connectivity index (χ0v) is 10.3. The molecule has 1 N–H and O–H groups in total. The Morgan fingerprint density at radius 2 is 1.89 bits per heavy atom. The van der Waals surface area contributed by atoms with Gasteiger partial charge in [0, 0.05) is 18.8 Å². The molecule has 0 fully saturated rings. The molecule has 1 aromatic carbocycles. The Hall–Kier alpha value is -2.49. The van der Waals surface area contributed by atoms with E-state index in [2.05, 4.69) is 27.1 Å². The van der Waals surface area contributed by atoms with Gasteiger partial charge in [0.05, 0.1) is 10.9 Å². The molecule has 0 saturated heterocycles. The van der Waals surface area contributed by atoms with Crippen LogP contribution < -0.4 is 5.56 Å². The average molecular weight is 251 g/mol. The molecule has 19 heavy (non-hydrogen) atoms. The Balaban J connectivity index is 1.88. The Morgan fingerprint density at radius 1 is 1.05 bits per heavy atom. The number of hydrogen-bond donors (Lipinski definition) is 1. The molecule has 0 bridgehead atoms. The van der Waals surface area contributed by atoms with Crippen molar-refractivity contribution in [1.82, 2.24) is 15.0 Å². The molecule has 2 heterocycles. The SMILES string of the molecule is O=c1[nH]c(CCc2ccccc2)nc2ccncc12. The molecule has 0 aliphatic heterocycles. The van der Waals surface area contributed by atoms with Gasteiger partial charge in [-0.3, -0.25) is 9.78 Å². The molecular weight excluding hydrogens is 238 g/mol. The number of nitrogens with zero attached hydrogens (tertiary/aromatic N) is 2. The molecule has 4 nitrogen and oxygen atoms in total. The van der Waals surface area contributed by atoms with Crippen molar-refractivity contribution in [2.24, 2.45) is 0 Å². The van der Waals surface area contributed by atoms with Gasteiger partial charge in [-0.05, 0) is 18.1 Å². The highest BCUT2D eigenvalue weighted by Gasteiger charge is 2.03. The molecule has 0 aliphatic carbocycles. The number of nitrogens with one attached hydrogen (secondary N) is 1. The normalized spacial score (nSPS) is 10.7. The maximum absolute atomic E-state index is 11.9. The zero-order chi connectivity index (χ0) is 13.1. The topological polar surface area (TPSA) is 58.6 Å². The van der Waals surface area contributed by atoms with E-state index in [4.69, 9.17) is 0 Å². The third kappa shape index (κ3) is 2.52. The third-order valence-electron chi connectivity index (χ3n) is 3.05.